The van der Waals surface area contributed by atoms with E-state index in [0.717, 1.165) is 6.07 Å². The molecule has 0 aliphatic carbocycles. The average Bonchev–Trinajstić information content (AvgIpc) is 2.42. The molecule has 1 N–H and O–H groups in total. The Labute approximate surface area is 110 Å². The van der Waals surface area contributed by atoms with Gasteiger partial charge in [0.05, 0.1) is 5.69 Å². The summed E-state index contributed by atoms with van der Waals surface area (Å²) in [5, 5.41) is 2.46. The minimum Gasteiger partial charge on any atom is -0.319 e. The Morgan fingerprint density at radius 1 is 1.00 bits per heavy atom. The van der Waals surface area contributed by atoms with Crippen molar-refractivity contribution >= 4 is 17.4 Å². The van der Waals surface area contributed by atoms with Gasteiger partial charge in [-0.3, -0.25) is 9.59 Å². The van der Waals surface area contributed by atoms with E-state index in [1.54, 1.807) is 30.3 Å². The van der Waals surface area contributed by atoms with E-state index in [0.29, 0.717) is 11.1 Å². The average molecular weight is 257 g/mol. The molecule has 0 atom stereocenters. The number of rotatable bonds is 3. The fourth-order valence-corrected chi connectivity index (χ4v) is 1.62. The number of nitrogens with one attached hydrogen (secondary N) is 1. The lowest BCUT2D eigenvalue weighted by Gasteiger charge is -2.07. The third-order valence-electron chi connectivity index (χ3n) is 2.66. The highest BCUT2D eigenvalue weighted by Gasteiger charge is 2.10. The predicted octanol–water partition coefficient (Wildman–Crippen LogP) is 3.28. The molecule has 0 aliphatic rings. The van der Waals surface area contributed by atoms with Crippen LogP contribution in [0.3, 0.4) is 0 Å². The lowest BCUT2D eigenvalue weighted by atomic mass is 10.1. The summed E-state index contributed by atoms with van der Waals surface area (Å²) >= 11 is 0. The summed E-state index contributed by atoms with van der Waals surface area (Å²) in [4.78, 5) is 23.1. The van der Waals surface area contributed by atoms with Gasteiger partial charge in [0, 0.05) is 11.1 Å². The minimum atomic E-state index is -0.575. The first-order valence-electron chi connectivity index (χ1n) is 5.75. The third-order valence-corrected chi connectivity index (χ3v) is 2.66. The molecule has 2 aromatic rings. The first-order valence-corrected chi connectivity index (χ1v) is 5.75. The first-order chi connectivity index (χ1) is 9.08. The Hall–Kier alpha value is -2.49. The van der Waals surface area contributed by atoms with Crippen LogP contribution in [0.1, 0.15) is 27.6 Å². The highest BCUT2D eigenvalue weighted by atomic mass is 19.1. The summed E-state index contributed by atoms with van der Waals surface area (Å²) in [6, 6.07) is 12.4. The molecule has 2 aromatic carbocycles. The topological polar surface area (TPSA) is 46.2 Å². The number of hydrogen-bond donors (Lipinski definition) is 1. The second-order valence-electron chi connectivity index (χ2n) is 4.07. The van der Waals surface area contributed by atoms with Gasteiger partial charge in [0.2, 0.25) is 0 Å². The van der Waals surface area contributed by atoms with Gasteiger partial charge in [-0.2, -0.15) is 0 Å². The van der Waals surface area contributed by atoms with Gasteiger partial charge in [-0.05, 0) is 37.3 Å². The summed E-state index contributed by atoms with van der Waals surface area (Å²) in [5.74, 6) is -1.18. The molecule has 96 valence electrons. The Kier molecular flexibility index (Phi) is 3.71. The predicted molar refractivity (Wildman–Crippen MR) is 70.8 cm³/mol. The molecule has 0 unspecified atom stereocenters. The van der Waals surface area contributed by atoms with Crippen molar-refractivity contribution < 1.29 is 14.0 Å². The molecule has 0 bridgehead atoms. The summed E-state index contributed by atoms with van der Waals surface area (Å²) in [6.07, 6.45) is 0. The molecule has 0 saturated carbocycles. The Morgan fingerprint density at radius 3 is 2.32 bits per heavy atom. The molecule has 0 heterocycles. The van der Waals surface area contributed by atoms with Crippen LogP contribution in [0.4, 0.5) is 10.1 Å². The zero-order chi connectivity index (χ0) is 13.8. The maximum atomic E-state index is 13.6. The minimum absolute atomic E-state index is 0.00144. The van der Waals surface area contributed by atoms with Gasteiger partial charge in [0.25, 0.3) is 5.91 Å². The van der Waals surface area contributed by atoms with Gasteiger partial charge >= 0.3 is 0 Å². The summed E-state index contributed by atoms with van der Waals surface area (Å²) in [6.45, 7) is 1.38. The van der Waals surface area contributed by atoms with Gasteiger partial charge in [0.15, 0.2) is 5.78 Å². The quantitative estimate of drug-likeness (QED) is 0.858. The number of halogens is 1. The standard InChI is InChI=1S/C15H12FNO2/c1-10(18)12-7-8-13(16)14(9-12)17-15(19)11-5-3-2-4-6-11/h2-9H,1H3,(H,17,19). The fraction of sp³-hybridized carbons (Fsp3) is 0.0667. The van der Waals surface area contributed by atoms with Crippen LogP contribution in [-0.2, 0) is 0 Å². The number of anilines is 1. The lowest BCUT2D eigenvalue weighted by molar-refractivity contribution is 0.101. The number of hydrogen-bond acceptors (Lipinski definition) is 2. The number of carbonyl (C=O) groups excluding carboxylic acids is 2. The lowest BCUT2D eigenvalue weighted by Crippen LogP contribution is -2.13. The maximum Gasteiger partial charge on any atom is 0.255 e. The van der Waals surface area contributed by atoms with Crippen molar-refractivity contribution in [1.29, 1.82) is 0 Å². The van der Waals surface area contributed by atoms with E-state index in [1.165, 1.54) is 19.1 Å². The van der Waals surface area contributed by atoms with Crippen molar-refractivity contribution in [1.82, 2.24) is 0 Å². The monoisotopic (exact) mass is 257 g/mol. The van der Waals surface area contributed by atoms with E-state index in [2.05, 4.69) is 5.32 Å². The van der Waals surface area contributed by atoms with Gasteiger partial charge in [0.1, 0.15) is 5.82 Å². The second-order valence-corrected chi connectivity index (χ2v) is 4.07. The molecule has 0 saturated heterocycles. The van der Waals surface area contributed by atoms with Crippen LogP contribution in [0.2, 0.25) is 0 Å². The number of Topliss-reactive ketones (excluding diaryl/α,β-unsaturated/α-hetero) is 1. The second kappa shape index (κ2) is 5.44. The molecule has 1 amide bonds. The van der Waals surface area contributed by atoms with E-state index in [-0.39, 0.29) is 11.5 Å². The SMILES string of the molecule is CC(=O)c1ccc(F)c(NC(=O)c2ccccc2)c1. The highest BCUT2D eigenvalue weighted by Crippen LogP contribution is 2.17. The Balaban J connectivity index is 2.26. The van der Waals surface area contributed by atoms with Crippen LogP contribution in [-0.4, -0.2) is 11.7 Å². The molecular formula is C15H12FNO2. The van der Waals surface area contributed by atoms with Crippen LogP contribution >= 0.6 is 0 Å². The van der Waals surface area contributed by atoms with Crippen LogP contribution < -0.4 is 5.32 Å². The smallest absolute Gasteiger partial charge is 0.255 e. The normalized spacial score (nSPS) is 10.0. The highest BCUT2D eigenvalue weighted by molar-refractivity contribution is 6.05. The Bertz CT molecular complexity index is 623. The third kappa shape index (κ3) is 3.04. The van der Waals surface area contributed by atoms with Crippen molar-refractivity contribution in [3.8, 4) is 0 Å². The molecule has 3 nitrogen and oxygen atoms in total. The van der Waals surface area contributed by atoms with E-state index < -0.39 is 11.7 Å². The number of benzene rings is 2. The van der Waals surface area contributed by atoms with E-state index in [1.807, 2.05) is 0 Å². The molecule has 0 aromatic heterocycles. The van der Waals surface area contributed by atoms with Crippen LogP contribution in [0, 0.1) is 5.82 Å². The largest absolute Gasteiger partial charge is 0.319 e. The van der Waals surface area contributed by atoms with Crippen molar-refractivity contribution in [3.05, 3.63) is 65.5 Å². The summed E-state index contributed by atoms with van der Waals surface area (Å²) < 4.78 is 13.6. The summed E-state index contributed by atoms with van der Waals surface area (Å²) in [5.41, 5.74) is 0.779. The Morgan fingerprint density at radius 2 is 1.68 bits per heavy atom. The van der Waals surface area contributed by atoms with E-state index in [4.69, 9.17) is 0 Å². The van der Waals surface area contributed by atoms with Crippen molar-refractivity contribution in [2.75, 3.05) is 5.32 Å². The number of amides is 1. The van der Waals surface area contributed by atoms with E-state index in [9.17, 15) is 14.0 Å². The van der Waals surface area contributed by atoms with Crippen LogP contribution in [0.25, 0.3) is 0 Å². The fourth-order valence-electron chi connectivity index (χ4n) is 1.62. The molecule has 19 heavy (non-hydrogen) atoms. The zero-order valence-electron chi connectivity index (χ0n) is 10.3. The molecule has 2 rings (SSSR count). The molecule has 4 heteroatoms. The van der Waals surface area contributed by atoms with Crippen LogP contribution in [0.5, 0.6) is 0 Å². The van der Waals surface area contributed by atoms with Gasteiger partial charge in [-0.15, -0.1) is 0 Å². The molecule has 0 aliphatic heterocycles. The van der Waals surface area contributed by atoms with Crippen molar-refractivity contribution in [2.24, 2.45) is 0 Å². The van der Waals surface area contributed by atoms with Crippen molar-refractivity contribution in [3.63, 3.8) is 0 Å². The van der Waals surface area contributed by atoms with Gasteiger partial charge in [-0.1, -0.05) is 18.2 Å². The maximum absolute atomic E-state index is 13.6. The molecule has 0 spiro atoms. The van der Waals surface area contributed by atoms with Crippen molar-refractivity contribution in [2.45, 2.75) is 6.92 Å². The number of ketones is 1. The molecular weight excluding hydrogens is 245 g/mol. The number of carbonyl (C=O) groups is 2. The van der Waals surface area contributed by atoms with Gasteiger partial charge in [-0.25, -0.2) is 4.39 Å². The van der Waals surface area contributed by atoms with Gasteiger partial charge < -0.3 is 5.32 Å². The molecule has 0 radical (unpaired) electrons. The summed E-state index contributed by atoms with van der Waals surface area (Å²) in [7, 11) is 0. The van der Waals surface area contributed by atoms with E-state index >= 15 is 0 Å². The first kappa shape index (κ1) is 13.0. The zero-order valence-corrected chi connectivity index (χ0v) is 10.3. The van der Waals surface area contributed by atoms with Crippen LogP contribution in [0.15, 0.2) is 48.5 Å². The molecule has 0 fully saturated rings.